The van der Waals surface area contributed by atoms with E-state index in [4.69, 9.17) is 9.47 Å². The van der Waals surface area contributed by atoms with Crippen LogP contribution in [0.4, 0.5) is 18.0 Å². The molecular weight excluding hydrogens is 455 g/mol. The predicted octanol–water partition coefficient (Wildman–Crippen LogP) is 4.04. The van der Waals surface area contributed by atoms with Crippen molar-refractivity contribution in [2.24, 2.45) is 0 Å². The number of rotatable bonds is 8. The van der Waals surface area contributed by atoms with E-state index in [2.05, 4.69) is 14.3 Å². The first-order valence-electron chi connectivity index (χ1n) is 9.69. The Morgan fingerprint density at radius 3 is 2.48 bits per heavy atom. The van der Waals surface area contributed by atoms with Crippen molar-refractivity contribution >= 4 is 18.2 Å². The summed E-state index contributed by atoms with van der Waals surface area (Å²) < 4.78 is 59.9. The van der Waals surface area contributed by atoms with Gasteiger partial charge < -0.3 is 23.8 Å². The predicted molar refractivity (Wildman–Crippen MR) is 105 cm³/mol. The van der Waals surface area contributed by atoms with E-state index in [0.717, 1.165) is 18.6 Å². The summed E-state index contributed by atoms with van der Waals surface area (Å²) in [6.45, 7) is 5.49. The highest BCUT2D eigenvalue weighted by Gasteiger charge is 2.49. The molecule has 13 heteroatoms. The molecule has 0 bridgehead atoms. The zero-order valence-corrected chi connectivity index (χ0v) is 18.1. The fourth-order valence-electron chi connectivity index (χ4n) is 3.01. The lowest BCUT2D eigenvalue weighted by molar-refractivity contribution is -0.767. The van der Waals surface area contributed by atoms with Gasteiger partial charge in [-0.1, -0.05) is 11.6 Å². The maximum absolute atomic E-state index is 13.6. The molecule has 3 atom stereocenters. The van der Waals surface area contributed by atoms with Gasteiger partial charge in [0.25, 0.3) is 5.09 Å². The van der Waals surface area contributed by atoms with Gasteiger partial charge in [-0.3, -0.25) is 0 Å². The first kappa shape index (κ1) is 25.7. The lowest BCUT2D eigenvalue weighted by Gasteiger charge is -2.29. The molecule has 2 rings (SSSR count). The maximum Gasteiger partial charge on any atom is 0.511 e. The van der Waals surface area contributed by atoms with E-state index in [-0.39, 0.29) is 24.3 Å². The number of carbonyl (C=O) groups is 2. The van der Waals surface area contributed by atoms with E-state index in [1.807, 2.05) is 0 Å². The molecule has 0 radical (unpaired) electrons. The van der Waals surface area contributed by atoms with Gasteiger partial charge in [-0.25, -0.2) is 9.59 Å². The van der Waals surface area contributed by atoms with Gasteiger partial charge in [-0.05, 0) is 38.5 Å². The molecule has 2 unspecified atom stereocenters. The average molecular weight is 477 g/mol. The Morgan fingerprint density at radius 2 is 1.88 bits per heavy atom. The summed E-state index contributed by atoms with van der Waals surface area (Å²) in [6, 6.07) is 3.21. The second kappa shape index (κ2) is 10.4. The van der Waals surface area contributed by atoms with Crippen molar-refractivity contribution in [2.75, 3.05) is 6.61 Å². The van der Waals surface area contributed by atoms with E-state index < -0.39 is 47.5 Å². The van der Waals surface area contributed by atoms with Gasteiger partial charge in [0.2, 0.25) is 12.4 Å². The molecule has 182 valence electrons. The highest BCUT2D eigenvalue weighted by atomic mass is 19.4. The number of alkyl halides is 3. The second-order valence-corrected chi connectivity index (χ2v) is 7.26. The quantitative estimate of drug-likeness (QED) is 0.236. The minimum absolute atomic E-state index is 0.00244. The van der Waals surface area contributed by atoms with Crippen LogP contribution >= 0.6 is 0 Å². The Labute approximate surface area is 186 Å². The molecule has 0 spiro atoms. The Morgan fingerprint density at radius 1 is 1.21 bits per heavy atom. The van der Waals surface area contributed by atoms with Crippen molar-refractivity contribution in [3.63, 3.8) is 0 Å². The summed E-state index contributed by atoms with van der Waals surface area (Å²) in [7, 11) is 0. The lowest BCUT2D eigenvalue weighted by atomic mass is 9.97. The Bertz CT molecular complexity index is 945. The van der Waals surface area contributed by atoms with E-state index in [9.17, 15) is 32.9 Å². The molecule has 1 aromatic carbocycles. The monoisotopic (exact) mass is 477 g/mol. The average Bonchev–Trinajstić information content (AvgIpc) is 2.65. The van der Waals surface area contributed by atoms with Crippen LogP contribution in [0.15, 0.2) is 17.7 Å². The topological polar surface area (TPSA) is 123 Å². The largest absolute Gasteiger partial charge is 0.511 e. The maximum atomic E-state index is 13.6. The summed E-state index contributed by atoms with van der Waals surface area (Å²) in [4.78, 5) is 38.5. The smallest absolute Gasteiger partial charge is 0.475 e. The van der Waals surface area contributed by atoms with Crippen molar-refractivity contribution in [3.05, 3.63) is 44.5 Å². The number of carbonyl (C=O) groups excluding carboxylic acids is 2. The molecule has 1 aromatic rings. The highest BCUT2D eigenvalue weighted by molar-refractivity contribution is 5.96. The molecule has 0 N–H and O–H groups in total. The van der Waals surface area contributed by atoms with Crippen LogP contribution in [-0.4, -0.2) is 48.5 Å². The Hall–Kier alpha value is -3.51. The van der Waals surface area contributed by atoms with Crippen molar-refractivity contribution < 1.29 is 51.6 Å². The standard InChI is InChI=1S/C20H22F3NO9/c1-10-7-11(2)16-14(8-10)9-15(17(32-16)20(21,22)23)18(25)30-13(4)31-19(26)29-6-5-12(3)33-24(27)28/h7-9,12-13,17H,5-6H2,1-4H3/t12?,13?,17-/m0/s1. The van der Waals surface area contributed by atoms with Crippen LogP contribution in [0.5, 0.6) is 5.75 Å². The third kappa shape index (κ3) is 7.26. The van der Waals surface area contributed by atoms with E-state index in [1.54, 1.807) is 26.0 Å². The normalized spacial score (nSPS) is 16.9. The molecule has 1 aliphatic rings. The van der Waals surface area contributed by atoms with Crippen molar-refractivity contribution in [1.29, 1.82) is 0 Å². The summed E-state index contributed by atoms with van der Waals surface area (Å²) >= 11 is 0. The Kier molecular flexibility index (Phi) is 8.12. The summed E-state index contributed by atoms with van der Waals surface area (Å²) in [5, 5.41) is 9.19. The van der Waals surface area contributed by atoms with E-state index >= 15 is 0 Å². The van der Waals surface area contributed by atoms with Crippen LogP contribution in [0.2, 0.25) is 0 Å². The molecule has 0 fully saturated rings. The number of hydrogen-bond donors (Lipinski definition) is 0. The second-order valence-electron chi connectivity index (χ2n) is 7.26. The van der Waals surface area contributed by atoms with Gasteiger partial charge in [0, 0.05) is 18.9 Å². The number of aryl methyl sites for hydroxylation is 2. The molecule has 33 heavy (non-hydrogen) atoms. The van der Waals surface area contributed by atoms with Crippen LogP contribution in [0.25, 0.3) is 6.08 Å². The zero-order chi connectivity index (χ0) is 24.9. The van der Waals surface area contributed by atoms with Crippen LogP contribution in [0.1, 0.15) is 37.0 Å². The minimum atomic E-state index is -4.91. The summed E-state index contributed by atoms with van der Waals surface area (Å²) in [6.07, 6.45) is -10.2. The number of hydrogen-bond acceptors (Lipinski definition) is 9. The first-order chi connectivity index (χ1) is 15.3. The molecule has 0 amide bonds. The fraction of sp³-hybridized carbons (Fsp3) is 0.500. The van der Waals surface area contributed by atoms with Gasteiger partial charge in [0.05, 0.1) is 12.2 Å². The number of halogens is 3. The number of fused-ring (bicyclic) bond motifs is 1. The van der Waals surface area contributed by atoms with Gasteiger partial charge >= 0.3 is 18.3 Å². The van der Waals surface area contributed by atoms with Crippen LogP contribution in [0, 0.1) is 24.0 Å². The van der Waals surface area contributed by atoms with E-state index in [1.165, 1.54) is 6.92 Å². The third-order valence-corrected chi connectivity index (χ3v) is 4.36. The fourth-order valence-corrected chi connectivity index (χ4v) is 3.01. The Balaban J connectivity index is 2.03. The molecule has 0 aliphatic carbocycles. The third-order valence-electron chi connectivity index (χ3n) is 4.36. The molecule has 10 nitrogen and oxygen atoms in total. The van der Waals surface area contributed by atoms with Gasteiger partial charge in [0.1, 0.15) is 11.9 Å². The first-order valence-corrected chi connectivity index (χ1v) is 9.69. The molecule has 0 saturated heterocycles. The van der Waals surface area contributed by atoms with Gasteiger partial charge in [-0.2, -0.15) is 13.2 Å². The SMILES string of the molecule is Cc1cc(C)c2c(c1)C=C(C(=O)OC(C)OC(=O)OCCC(C)O[N+](=O)[O-])[C@@H](C(F)(F)F)O2. The van der Waals surface area contributed by atoms with Crippen molar-refractivity contribution in [2.45, 2.75) is 58.8 Å². The number of nitrogens with zero attached hydrogens (tertiary/aromatic N) is 1. The molecule has 0 aromatic heterocycles. The summed E-state index contributed by atoms with van der Waals surface area (Å²) in [5.74, 6) is -1.39. The van der Waals surface area contributed by atoms with Crippen molar-refractivity contribution in [3.8, 4) is 5.75 Å². The van der Waals surface area contributed by atoms with Crippen LogP contribution in [0.3, 0.4) is 0 Å². The number of ether oxygens (including phenoxy) is 4. The molecule has 0 saturated carbocycles. The molecular formula is C20H22F3NO9. The van der Waals surface area contributed by atoms with E-state index in [0.29, 0.717) is 5.56 Å². The lowest BCUT2D eigenvalue weighted by Crippen LogP contribution is -2.41. The van der Waals surface area contributed by atoms with Gasteiger partial charge in [0.15, 0.2) is 0 Å². The minimum Gasteiger partial charge on any atom is -0.475 e. The molecule has 1 aliphatic heterocycles. The number of esters is 1. The summed E-state index contributed by atoms with van der Waals surface area (Å²) in [5.41, 5.74) is 0.690. The molecule has 1 heterocycles. The van der Waals surface area contributed by atoms with Crippen molar-refractivity contribution in [1.82, 2.24) is 0 Å². The number of benzene rings is 1. The highest BCUT2D eigenvalue weighted by Crippen LogP contribution is 2.39. The zero-order valence-electron chi connectivity index (χ0n) is 18.1. The van der Waals surface area contributed by atoms with Gasteiger partial charge in [-0.15, -0.1) is 10.1 Å². The van der Waals surface area contributed by atoms with Crippen LogP contribution < -0.4 is 4.74 Å². The van der Waals surface area contributed by atoms with Crippen LogP contribution in [-0.2, 0) is 23.8 Å².